The smallest absolute Gasteiger partial charge is 0.343 e. The van der Waals surface area contributed by atoms with Crippen molar-refractivity contribution in [2.75, 3.05) is 32.6 Å². The van der Waals surface area contributed by atoms with Crippen LogP contribution in [0.5, 0.6) is 0 Å². The number of aryl methyl sites for hydroxylation is 1. The summed E-state index contributed by atoms with van der Waals surface area (Å²) >= 11 is 6.33. The van der Waals surface area contributed by atoms with Crippen LogP contribution in [-0.4, -0.2) is 54.3 Å². The fourth-order valence-electron chi connectivity index (χ4n) is 3.06. The Hall–Kier alpha value is -3.39. The Morgan fingerprint density at radius 2 is 1.69 bits per heavy atom. The van der Waals surface area contributed by atoms with Gasteiger partial charge in [0.15, 0.2) is 6.61 Å². The molecule has 0 aliphatic carbocycles. The third-order valence-corrected chi connectivity index (χ3v) is 5.25. The summed E-state index contributed by atoms with van der Waals surface area (Å²) in [6, 6.07) is 13.3. The lowest BCUT2D eigenvalue weighted by Crippen LogP contribution is -2.31. The molecule has 9 heteroatoms. The van der Waals surface area contributed by atoms with Crippen LogP contribution in [0.2, 0.25) is 5.15 Å². The number of hydrogen-bond donors (Lipinski definition) is 0. The molecule has 1 amide bonds. The number of carbonyl (C=O) groups is 2. The molecule has 0 spiro atoms. The van der Waals surface area contributed by atoms with E-state index in [0.717, 1.165) is 11.3 Å². The highest BCUT2D eigenvalue weighted by atomic mass is 35.5. The number of likely N-dealkylation sites (N-methyl/N-ethyl adjacent to an activating group) is 1. The zero-order valence-electron chi connectivity index (χ0n) is 18.3. The van der Waals surface area contributed by atoms with Gasteiger partial charge in [0.1, 0.15) is 16.5 Å². The molecule has 0 saturated heterocycles. The van der Waals surface area contributed by atoms with Crippen molar-refractivity contribution in [3.63, 3.8) is 0 Å². The molecule has 3 aromatic rings. The summed E-state index contributed by atoms with van der Waals surface area (Å²) < 4.78 is 19.7. The molecule has 2 aromatic carbocycles. The number of esters is 1. The normalized spacial score (nSPS) is 10.7. The minimum atomic E-state index is -0.752. The number of halogens is 2. The molecule has 1 aromatic heterocycles. The Morgan fingerprint density at radius 3 is 2.28 bits per heavy atom. The minimum Gasteiger partial charge on any atom is -0.452 e. The van der Waals surface area contributed by atoms with E-state index in [4.69, 9.17) is 16.3 Å². The average Bonchev–Trinajstić information content (AvgIpc) is 3.06. The molecule has 0 aliphatic heterocycles. The minimum absolute atomic E-state index is 0.0286. The molecular formula is C23H24ClFN4O3. The van der Waals surface area contributed by atoms with Gasteiger partial charge in [0.2, 0.25) is 0 Å². The van der Waals surface area contributed by atoms with Gasteiger partial charge in [-0.1, -0.05) is 23.7 Å². The number of ether oxygens (including phenoxy) is 1. The molecule has 0 aliphatic rings. The monoisotopic (exact) mass is 458 g/mol. The fraction of sp³-hybridized carbons (Fsp3) is 0.261. The topological polar surface area (TPSA) is 67.7 Å². The SMILES string of the molecule is Cc1nn(-c2ccc(F)cc2)c(Cl)c1C(=O)OCC(=O)N(C)Cc1ccc(N(C)C)cc1. The zero-order chi connectivity index (χ0) is 23.4. The molecule has 7 nitrogen and oxygen atoms in total. The van der Waals surface area contributed by atoms with Crippen LogP contribution in [0.15, 0.2) is 48.5 Å². The molecular weight excluding hydrogens is 435 g/mol. The van der Waals surface area contributed by atoms with Crippen LogP contribution >= 0.6 is 11.6 Å². The summed E-state index contributed by atoms with van der Waals surface area (Å²) in [5.41, 5.74) is 2.91. The first-order valence-electron chi connectivity index (χ1n) is 9.85. The molecule has 32 heavy (non-hydrogen) atoms. The van der Waals surface area contributed by atoms with Gasteiger partial charge >= 0.3 is 5.97 Å². The van der Waals surface area contributed by atoms with E-state index in [1.807, 2.05) is 43.3 Å². The number of hydrogen-bond acceptors (Lipinski definition) is 5. The first-order chi connectivity index (χ1) is 15.2. The number of rotatable bonds is 7. The molecule has 0 saturated carbocycles. The summed E-state index contributed by atoms with van der Waals surface area (Å²) in [5, 5.41) is 4.26. The maximum absolute atomic E-state index is 13.2. The fourth-order valence-corrected chi connectivity index (χ4v) is 3.40. The van der Waals surface area contributed by atoms with Crippen LogP contribution in [0.25, 0.3) is 5.69 Å². The van der Waals surface area contributed by atoms with Crippen molar-refractivity contribution < 1.29 is 18.7 Å². The van der Waals surface area contributed by atoms with E-state index in [-0.39, 0.29) is 16.6 Å². The van der Waals surface area contributed by atoms with Gasteiger partial charge in [-0.25, -0.2) is 13.9 Å². The van der Waals surface area contributed by atoms with Crippen molar-refractivity contribution >= 4 is 29.2 Å². The maximum atomic E-state index is 13.2. The Kier molecular flexibility index (Phi) is 7.15. The highest BCUT2D eigenvalue weighted by molar-refractivity contribution is 6.33. The van der Waals surface area contributed by atoms with Gasteiger partial charge in [0, 0.05) is 33.4 Å². The zero-order valence-corrected chi connectivity index (χ0v) is 19.1. The van der Waals surface area contributed by atoms with E-state index in [9.17, 15) is 14.0 Å². The second-order valence-electron chi connectivity index (χ2n) is 7.53. The van der Waals surface area contributed by atoms with Gasteiger partial charge in [0.05, 0.1) is 11.4 Å². The van der Waals surface area contributed by atoms with Crippen LogP contribution in [0.4, 0.5) is 10.1 Å². The third kappa shape index (κ3) is 5.26. The molecule has 0 unspecified atom stereocenters. The molecule has 0 bridgehead atoms. The molecule has 168 valence electrons. The molecule has 0 N–H and O–H groups in total. The largest absolute Gasteiger partial charge is 0.452 e. The second-order valence-corrected chi connectivity index (χ2v) is 7.88. The number of carbonyl (C=O) groups excluding carboxylic acids is 2. The van der Waals surface area contributed by atoms with Gasteiger partial charge in [-0.15, -0.1) is 0 Å². The average molecular weight is 459 g/mol. The van der Waals surface area contributed by atoms with E-state index < -0.39 is 18.4 Å². The van der Waals surface area contributed by atoms with Crippen molar-refractivity contribution in [3.8, 4) is 5.69 Å². The first kappa shape index (κ1) is 23.3. The van der Waals surface area contributed by atoms with Gasteiger partial charge in [-0.05, 0) is 48.9 Å². The van der Waals surface area contributed by atoms with Crippen molar-refractivity contribution in [1.82, 2.24) is 14.7 Å². The number of nitrogens with zero attached hydrogens (tertiary/aromatic N) is 4. The Labute approximate surface area is 190 Å². The van der Waals surface area contributed by atoms with Gasteiger partial charge in [0.25, 0.3) is 5.91 Å². The van der Waals surface area contributed by atoms with Gasteiger partial charge < -0.3 is 14.5 Å². The highest BCUT2D eigenvalue weighted by Gasteiger charge is 2.23. The molecule has 0 radical (unpaired) electrons. The summed E-state index contributed by atoms with van der Waals surface area (Å²) in [7, 11) is 5.55. The molecule has 1 heterocycles. The van der Waals surface area contributed by atoms with Crippen molar-refractivity contribution in [2.24, 2.45) is 0 Å². The lowest BCUT2D eigenvalue weighted by atomic mass is 10.2. The number of anilines is 1. The first-order valence-corrected chi connectivity index (χ1v) is 10.2. The van der Waals surface area contributed by atoms with Crippen LogP contribution in [0.3, 0.4) is 0 Å². The number of benzene rings is 2. The predicted molar refractivity (Wildman–Crippen MR) is 121 cm³/mol. The molecule has 0 atom stereocenters. The van der Waals surface area contributed by atoms with Crippen molar-refractivity contribution in [3.05, 3.63) is 76.3 Å². The van der Waals surface area contributed by atoms with E-state index in [1.54, 1.807) is 14.0 Å². The highest BCUT2D eigenvalue weighted by Crippen LogP contribution is 2.24. The van der Waals surface area contributed by atoms with Crippen LogP contribution < -0.4 is 4.90 Å². The summed E-state index contributed by atoms with van der Waals surface area (Å²) in [5.74, 6) is -1.50. The summed E-state index contributed by atoms with van der Waals surface area (Å²) in [6.45, 7) is 1.56. The number of aromatic nitrogens is 2. The van der Waals surface area contributed by atoms with Crippen LogP contribution in [0.1, 0.15) is 21.6 Å². The molecule has 0 fully saturated rings. The summed E-state index contributed by atoms with van der Waals surface area (Å²) in [4.78, 5) is 28.5. The quantitative estimate of drug-likeness (QED) is 0.503. The van der Waals surface area contributed by atoms with Gasteiger partial charge in [-0.2, -0.15) is 5.10 Å². The Morgan fingerprint density at radius 1 is 1.06 bits per heavy atom. The Balaban J connectivity index is 1.62. The number of amides is 1. The maximum Gasteiger partial charge on any atom is 0.343 e. The van der Waals surface area contributed by atoms with Crippen molar-refractivity contribution in [2.45, 2.75) is 13.5 Å². The van der Waals surface area contributed by atoms with E-state index >= 15 is 0 Å². The molecule has 3 rings (SSSR count). The van der Waals surface area contributed by atoms with Crippen LogP contribution in [-0.2, 0) is 16.1 Å². The Bertz CT molecular complexity index is 1110. The van der Waals surface area contributed by atoms with E-state index in [1.165, 1.54) is 33.8 Å². The predicted octanol–water partition coefficient (Wildman–Crippen LogP) is 3.85. The van der Waals surface area contributed by atoms with Gasteiger partial charge in [-0.3, -0.25) is 4.79 Å². The lowest BCUT2D eigenvalue weighted by Gasteiger charge is -2.18. The van der Waals surface area contributed by atoms with Crippen molar-refractivity contribution in [1.29, 1.82) is 0 Å². The lowest BCUT2D eigenvalue weighted by molar-refractivity contribution is -0.133. The van der Waals surface area contributed by atoms with Crippen LogP contribution in [0, 0.1) is 12.7 Å². The summed E-state index contributed by atoms with van der Waals surface area (Å²) in [6.07, 6.45) is 0. The second kappa shape index (κ2) is 9.82. The van der Waals surface area contributed by atoms with E-state index in [0.29, 0.717) is 17.9 Å². The third-order valence-electron chi connectivity index (χ3n) is 4.90. The van der Waals surface area contributed by atoms with E-state index in [2.05, 4.69) is 5.10 Å². The standard InChI is InChI=1S/C23H24ClFN4O3/c1-15-21(22(24)29(26-15)19-11-7-17(25)8-12-19)23(31)32-14-20(30)28(4)13-16-5-9-18(10-6-16)27(2)3/h5-12H,13-14H2,1-4H3.